The summed E-state index contributed by atoms with van der Waals surface area (Å²) in [6.07, 6.45) is 0. The van der Waals surface area contributed by atoms with Crippen LogP contribution in [0, 0.1) is 5.41 Å². The van der Waals surface area contributed by atoms with Crippen LogP contribution in [0.5, 0.6) is 0 Å². The molecule has 0 heterocycles. The smallest absolute Gasteiger partial charge is 0.00677 e. The third kappa shape index (κ3) is 5.57. The molecule has 2 heteroatoms. The van der Waals surface area contributed by atoms with Gasteiger partial charge in [-0.25, -0.2) is 0 Å². The first-order valence-electron chi connectivity index (χ1n) is 4.24. The predicted molar refractivity (Wildman–Crippen MR) is 55.3 cm³/mol. The fraction of sp³-hybridized carbons (Fsp3) is 1.00. The Bertz CT molecular complexity index is 96.2. The molecule has 68 valence electrons. The quantitative estimate of drug-likeness (QED) is 0.658. The molecule has 0 aliphatic rings. The Morgan fingerprint density at radius 1 is 1.36 bits per heavy atom. The number of hydrogen-bond acceptors (Lipinski definition) is 2. The summed E-state index contributed by atoms with van der Waals surface area (Å²) >= 11 is 2.05. The van der Waals surface area contributed by atoms with Crippen LogP contribution >= 0.6 is 11.8 Å². The van der Waals surface area contributed by atoms with Crippen molar-refractivity contribution in [3.05, 3.63) is 0 Å². The van der Waals surface area contributed by atoms with Crippen molar-refractivity contribution in [2.75, 3.05) is 19.3 Å². The zero-order chi connectivity index (χ0) is 8.91. The minimum absolute atomic E-state index is 0.443. The summed E-state index contributed by atoms with van der Waals surface area (Å²) in [4.78, 5) is 0. The molecule has 0 aromatic rings. The second kappa shape index (κ2) is 5.04. The van der Waals surface area contributed by atoms with Crippen LogP contribution in [0.25, 0.3) is 0 Å². The van der Waals surface area contributed by atoms with E-state index in [1.165, 1.54) is 5.75 Å². The maximum absolute atomic E-state index is 3.15. The van der Waals surface area contributed by atoms with E-state index in [0.29, 0.717) is 5.41 Å². The van der Waals surface area contributed by atoms with Crippen molar-refractivity contribution in [3.8, 4) is 0 Å². The molecule has 11 heavy (non-hydrogen) atoms. The molecule has 0 aromatic heterocycles. The van der Waals surface area contributed by atoms with Crippen molar-refractivity contribution < 1.29 is 0 Å². The lowest BCUT2D eigenvalue weighted by Gasteiger charge is -2.26. The van der Waals surface area contributed by atoms with Gasteiger partial charge in [0.25, 0.3) is 0 Å². The van der Waals surface area contributed by atoms with Crippen LogP contribution in [0.2, 0.25) is 0 Å². The van der Waals surface area contributed by atoms with Crippen LogP contribution in [0.15, 0.2) is 0 Å². The van der Waals surface area contributed by atoms with Crippen LogP contribution in [-0.4, -0.2) is 24.6 Å². The molecule has 0 bridgehead atoms. The highest BCUT2D eigenvalue weighted by Gasteiger charge is 2.19. The third-order valence-corrected chi connectivity index (χ3v) is 3.59. The van der Waals surface area contributed by atoms with Gasteiger partial charge in [-0.15, -0.1) is 0 Å². The Labute approximate surface area is 75.3 Å². The first-order valence-corrected chi connectivity index (χ1v) is 5.29. The van der Waals surface area contributed by atoms with Gasteiger partial charge in [0.05, 0.1) is 0 Å². The van der Waals surface area contributed by atoms with E-state index in [2.05, 4.69) is 33.0 Å². The average molecular weight is 175 g/mol. The van der Waals surface area contributed by atoms with E-state index in [9.17, 15) is 0 Å². The molecule has 1 nitrogen and oxygen atoms in total. The van der Waals surface area contributed by atoms with Crippen LogP contribution in [0.3, 0.4) is 0 Å². The van der Waals surface area contributed by atoms with Crippen molar-refractivity contribution in [2.45, 2.75) is 32.9 Å². The van der Waals surface area contributed by atoms with Gasteiger partial charge in [-0.3, -0.25) is 0 Å². The van der Waals surface area contributed by atoms with Crippen molar-refractivity contribution >= 4 is 11.8 Å². The van der Waals surface area contributed by atoms with E-state index in [4.69, 9.17) is 0 Å². The molecule has 0 aliphatic heterocycles. The molecule has 0 amide bonds. The van der Waals surface area contributed by atoms with Gasteiger partial charge in [0.1, 0.15) is 0 Å². The zero-order valence-corrected chi connectivity index (χ0v) is 9.22. The van der Waals surface area contributed by atoms with Gasteiger partial charge in [0.15, 0.2) is 0 Å². The molecule has 0 saturated carbocycles. The molecule has 0 aromatic carbocycles. The van der Waals surface area contributed by atoms with Crippen LogP contribution in [0.4, 0.5) is 0 Å². The van der Waals surface area contributed by atoms with Gasteiger partial charge in [-0.1, -0.05) is 27.7 Å². The van der Waals surface area contributed by atoms with Crippen molar-refractivity contribution in [1.82, 2.24) is 5.32 Å². The first-order chi connectivity index (χ1) is 4.98. The lowest BCUT2D eigenvalue weighted by molar-refractivity contribution is 0.411. The normalized spacial score (nSPS) is 15.0. The van der Waals surface area contributed by atoms with Gasteiger partial charge < -0.3 is 5.32 Å². The number of thioether (sulfide) groups is 1. The molecule has 0 radical (unpaired) electrons. The first kappa shape index (κ1) is 11.3. The molecular weight excluding hydrogens is 154 g/mol. The molecule has 0 rings (SSSR count). The summed E-state index contributed by atoms with van der Waals surface area (Å²) in [5.41, 5.74) is 0.443. The third-order valence-electron chi connectivity index (χ3n) is 1.94. The minimum Gasteiger partial charge on any atom is -0.319 e. The SMILES string of the molecule is CNCCSC(C)C(C)(C)C. The van der Waals surface area contributed by atoms with E-state index < -0.39 is 0 Å². The molecule has 0 aliphatic carbocycles. The lowest BCUT2D eigenvalue weighted by Crippen LogP contribution is -2.21. The van der Waals surface area contributed by atoms with Gasteiger partial charge in [0.2, 0.25) is 0 Å². The van der Waals surface area contributed by atoms with E-state index in [1.807, 2.05) is 18.8 Å². The fourth-order valence-corrected chi connectivity index (χ4v) is 1.76. The average Bonchev–Trinajstić information content (AvgIpc) is 1.86. The summed E-state index contributed by atoms with van der Waals surface area (Å²) in [5.74, 6) is 1.22. The Balaban J connectivity index is 3.44. The predicted octanol–water partition coefficient (Wildman–Crippen LogP) is 2.37. The zero-order valence-electron chi connectivity index (χ0n) is 8.40. The summed E-state index contributed by atoms with van der Waals surface area (Å²) in [7, 11) is 2.00. The largest absolute Gasteiger partial charge is 0.319 e. The Hall–Kier alpha value is 0.310. The van der Waals surface area contributed by atoms with E-state index in [-0.39, 0.29) is 0 Å². The number of hydrogen-bond donors (Lipinski definition) is 1. The second-order valence-electron chi connectivity index (χ2n) is 3.98. The summed E-state index contributed by atoms with van der Waals surface area (Å²) in [6.45, 7) is 10.3. The molecule has 0 saturated heterocycles. The van der Waals surface area contributed by atoms with Crippen LogP contribution in [-0.2, 0) is 0 Å². The molecule has 0 fully saturated rings. The van der Waals surface area contributed by atoms with Crippen LogP contribution in [0.1, 0.15) is 27.7 Å². The Morgan fingerprint density at radius 2 is 1.91 bits per heavy atom. The fourth-order valence-electron chi connectivity index (χ4n) is 0.588. The standard InChI is InChI=1S/C9H21NS/c1-8(9(2,3)4)11-7-6-10-5/h8,10H,6-7H2,1-5H3. The molecule has 1 atom stereocenters. The van der Waals surface area contributed by atoms with E-state index in [0.717, 1.165) is 11.8 Å². The monoisotopic (exact) mass is 175 g/mol. The highest BCUT2D eigenvalue weighted by atomic mass is 32.2. The number of nitrogens with one attached hydrogen (secondary N) is 1. The summed E-state index contributed by atoms with van der Waals surface area (Å²) in [6, 6.07) is 0. The molecule has 1 unspecified atom stereocenters. The van der Waals surface area contributed by atoms with Gasteiger partial charge in [-0.05, 0) is 12.5 Å². The topological polar surface area (TPSA) is 12.0 Å². The van der Waals surface area contributed by atoms with Crippen molar-refractivity contribution in [1.29, 1.82) is 0 Å². The highest BCUT2D eigenvalue weighted by molar-refractivity contribution is 7.99. The Kier molecular flexibility index (Phi) is 5.19. The van der Waals surface area contributed by atoms with E-state index in [1.54, 1.807) is 0 Å². The summed E-state index contributed by atoms with van der Waals surface area (Å²) in [5, 5.41) is 3.90. The molecule has 1 N–H and O–H groups in total. The van der Waals surface area contributed by atoms with Crippen molar-refractivity contribution in [3.63, 3.8) is 0 Å². The van der Waals surface area contributed by atoms with Crippen molar-refractivity contribution in [2.24, 2.45) is 5.41 Å². The van der Waals surface area contributed by atoms with E-state index >= 15 is 0 Å². The molecule has 0 spiro atoms. The maximum Gasteiger partial charge on any atom is 0.00677 e. The lowest BCUT2D eigenvalue weighted by atomic mass is 9.93. The van der Waals surface area contributed by atoms with Gasteiger partial charge in [-0.2, -0.15) is 11.8 Å². The maximum atomic E-state index is 3.15. The number of rotatable bonds is 4. The minimum atomic E-state index is 0.443. The van der Waals surface area contributed by atoms with Gasteiger partial charge >= 0.3 is 0 Å². The second-order valence-corrected chi connectivity index (χ2v) is 5.43. The summed E-state index contributed by atoms with van der Waals surface area (Å²) < 4.78 is 0. The van der Waals surface area contributed by atoms with Crippen LogP contribution < -0.4 is 5.32 Å². The highest BCUT2D eigenvalue weighted by Crippen LogP contribution is 2.29. The molecular formula is C9H21NS. The van der Waals surface area contributed by atoms with Gasteiger partial charge in [0, 0.05) is 17.5 Å². The Morgan fingerprint density at radius 3 is 2.27 bits per heavy atom.